The number of likely N-dealkylation sites (tertiary alicyclic amines) is 1. The molecule has 0 saturated carbocycles. The van der Waals surface area contributed by atoms with E-state index in [9.17, 15) is 0 Å². The van der Waals surface area contributed by atoms with Gasteiger partial charge in [-0.1, -0.05) is 32.0 Å². The molecule has 2 heterocycles. The summed E-state index contributed by atoms with van der Waals surface area (Å²) in [6.45, 7) is 7.96. The highest BCUT2D eigenvalue weighted by Gasteiger charge is 2.21. The zero-order valence-electron chi connectivity index (χ0n) is 17.6. The van der Waals surface area contributed by atoms with E-state index < -0.39 is 0 Å². The third-order valence-corrected chi connectivity index (χ3v) is 5.54. The maximum absolute atomic E-state index is 6.29. The first-order valence-corrected chi connectivity index (χ1v) is 10.5. The third kappa shape index (κ3) is 4.70. The molecule has 1 aliphatic rings. The Morgan fingerprint density at radius 1 is 1.07 bits per heavy atom. The average Bonchev–Trinajstić information content (AvgIpc) is 2.74. The van der Waals surface area contributed by atoms with Crippen LogP contribution in [0.5, 0.6) is 11.5 Å². The largest absolute Gasteiger partial charge is 0.496 e. The van der Waals surface area contributed by atoms with E-state index in [-0.39, 0.29) is 6.10 Å². The number of rotatable bonds is 6. The lowest BCUT2D eigenvalue weighted by Gasteiger charge is -2.33. The highest BCUT2D eigenvalue weighted by Crippen LogP contribution is 2.35. The number of piperidine rings is 1. The van der Waals surface area contributed by atoms with Crippen molar-refractivity contribution in [2.75, 3.05) is 26.7 Å². The monoisotopic (exact) mass is 390 g/mol. The molecule has 0 N–H and O–H groups in total. The maximum atomic E-state index is 6.29. The standard InChI is InChI=1S/C25H30N2O2/c1-18(2)17-27-12-10-21(11-13-27)29-22-8-9-23(25(15-22)28-3)20-14-19-6-4-5-7-24(19)26-16-20/h4-9,14-16,18,21H,10-13,17H2,1-3H3. The van der Waals surface area contributed by atoms with Gasteiger partial charge in [-0.2, -0.15) is 0 Å². The molecular weight excluding hydrogens is 360 g/mol. The fourth-order valence-electron chi connectivity index (χ4n) is 4.12. The molecule has 0 radical (unpaired) electrons. The van der Waals surface area contributed by atoms with Crippen LogP contribution in [-0.2, 0) is 0 Å². The van der Waals surface area contributed by atoms with Crippen molar-refractivity contribution in [3.05, 3.63) is 54.7 Å². The summed E-state index contributed by atoms with van der Waals surface area (Å²) in [6.07, 6.45) is 4.33. The van der Waals surface area contributed by atoms with Crippen LogP contribution >= 0.6 is 0 Å². The van der Waals surface area contributed by atoms with Gasteiger partial charge in [0.05, 0.1) is 12.6 Å². The topological polar surface area (TPSA) is 34.6 Å². The number of hydrogen-bond acceptors (Lipinski definition) is 4. The normalized spacial score (nSPS) is 15.7. The maximum Gasteiger partial charge on any atom is 0.130 e. The van der Waals surface area contributed by atoms with Gasteiger partial charge in [0, 0.05) is 48.4 Å². The lowest BCUT2D eigenvalue weighted by Crippen LogP contribution is -2.39. The van der Waals surface area contributed by atoms with Crippen LogP contribution < -0.4 is 9.47 Å². The number of ether oxygens (including phenoxy) is 2. The second-order valence-electron chi connectivity index (χ2n) is 8.29. The van der Waals surface area contributed by atoms with Gasteiger partial charge < -0.3 is 14.4 Å². The Kier molecular flexibility index (Phi) is 6.00. The Hall–Kier alpha value is -2.59. The Labute approximate surface area is 173 Å². The first-order chi connectivity index (χ1) is 14.1. The summed E-state index contributed by atoms with van der Waals surface area (Å²) in [6, 6.07) is 16.4. The number of aromatic nitrogens is 1. The zero-order chi connectivity index (χ0) is 20.2. The van der Waals surface area contributed by atoms with Crippen molar-refractivity contribution in [2.45, 2.75) is 32.8 Å². The summed E-state index contributed by atoms with van der Waals surface area (Å²) in [5.41, 5.74) is 3.08. The third-order valence-electron chi connectivity index (χ3n) is 5.54. The van der Waals surface area contributed by atoms with Gasteiger partial charge in [-0.25, -0.2) is 0 Å². The van der Waals surface area contributed by atoms with Crippen molar-refractivity contribution in [3.8, 4) is 22.6 Å². The van der Waals surface area contributed by atoms with Gasteiger partial charge in [0.15, 0.2) is 0 Å². The first kappa shape index (κ1) is 19.7. The quantitative estimate of drug-likeness (QED) is 0.564. The molecule has 0 unspecified atom stereocenters. The Balaban J connectivity index is 1.48. The van der Waals surface area contributed by atoms with Crippen LogP contribution in [0, 0.1) is 5.92 Å². The average molecular weight is 391 g/mol. The van der Waals surface area contributed by atoms with E-state index in [1.54, 1.807) is 7.11 Å². The number of methoxy groups -OCH3 is 1. The number of fused-ring (bicyclic) bond motifs is 1. The predicted molar refractivity (Wildman–Crippen MR) is 119 cm³/mol. The number of benzene rings is 2. The van der Waals surface area contributed by atoms with Crippen LogP contribution in [0.2, 0.25) is 0 Å². The van der Waals surface area contributed by atoms with Crippen LogP contribution in [0.4, 0.5) is 0 Å². The van der Waals surface area contributed by atoms with Crippen LogP contribution in [0.1, 0.15) is 26.7 Å². The molecule has 2 aromatic carbocycles. The molecule has 152 valence electrons. The fraction of sp³-hybridized carbons (Fsp3) is 0.400. The van der Waals surface area contributed by atoms with Gasteiger partial charge >= 0.3 is 0 Å². The molecule has 4 heteroatoms. The van der Waals surface area contributed by atoms with E-state index >= 15 is 0 Å². The van der Waals surface area contributed by atoms with Crippen LogP contribution in [0.3, 0.4) is 0 Å². The predicted octanol–water partition coefficient (Wildman–Crippen LogP) is 5.41. The highest BCUT2D eigenvalue weighted by molar-refractivity contribution is 5.84. The van der Waals surface area contributed by atoms with Gasteiger partial charge in [0.25, 0.3) is 0 Å². The minimum absolute atomic E-state index is 0.274. The number of pyridine rings is 1. The zero-order valence-corrected chi connectivity index (χ0v) is 17.6. The van der Waals surface area contributed by atoms with E-state index in [2.05, 4.69) is 41.9 Å². The van der Waals surface area contributed by atoms with E-state index in [0.29, 0.717) is 5.92 Å². The second-order valence-corrected chi connectivity index (χ2v) is 8.29. The van der Waals surface area contributed by atoms with Gasteiger partial charge in [0.2, 0.25) is 0 Å². The lowest BCUT2D eigenvalue weighted by atomic mass is 10.0. The molecule has 1 aliphatic heterocycles. The van der Waals surface area contributed by atoms with E-state index in [4.69, 9.17) is 9.47 Å². The minimum atomic E-state index is 0.274. The Morgan fingerprint density at radius 2 is 1.86 bits per heavy atom. The summed E-state index contributed by atoms with van der Waals surface area (Å²) >= 11 is 0. The van der Waals surface area contributed by atoms with Crippen molar-refractivity contribution >= 4 is 10.9 Å². The molecule has 1 aromatic heterocycles. The van der Waals surface area contributed by atoms with Crippen LogP contribution in [0.25, 0.3) is 22.0 Å². The molecule has 29 heavy (non-hydrogen) atoms. The highest BCUT2D eigenvalue weighted by atomic mass is 16.5. The van der Waals surface area contributed by atoms with Gasteiger partial charge in [0.1, 0.15) is 17.6 Å². The molecule has 0 spiro atoms. The molecule has 1 saturated heterocycles. The van der Waals surface area contributed by atoms with E-state index in [1.165, 1.54) is 6.54 Å². The van der Waals surface area contributed by atoms with Crippen molar-refractivity contribution in [1.82, 2.24) is 9.88 Å². The Morgan fingerprint density at radius 3 is 2.62 bits per heavy atom. The summed E-state index contributed by atoms with van der Waals surface area (Å²) in [5, 5.41) is 1.13. The molecule has 0 aliphatic carbocycles. The Bertz CT molecular complexity index is 962. The van der Waals surface area contributed by atoms with Gasteiger partial charge in [-0.3, -0.25) is 4.98 Å². The molecule has 0 amide bonds. The minimum Gasteiger partial charge on any atom is -0.496 e. The summed E-state index contributed by atoms with van der Waals surface area (Å²) in [4.78, 5) is 7.13. The van der Waals surface area contributed by atoms with Crippen molar-refractivity contribution in [2.24, 2.45) is 5.92 Å². The number of hydrogen-bond donors (Lipinski definition) is 0. The molecule has 1 fully saturated rings. The van der Waals surface area contributed by atoms with Gasteiger partial charge in [-0.15, -0.1) is 0 Å². The van der Waals surface area contributed by atoms with E-state index in [0.717, 1.165) is 59.5 Å². The molecule has 4 nitrogen and oxygen atoms in total. The fourth-order valence-corrected chi connectivity index (χ4v) is 4.12. The summed E-state index contributed by atoms with van der Waals surface area (Å²) < 4.78 is 12.0. The second kappa shape index (κ2) is 8.83. The molecule has 3 aromatic rings. The van der Waals surface area contributed by atoms with Gasteiger partial charge in [-0.05, 0) is 43.0 Å². The molecule has 0 bridgehead atoms. The van der Waals surface area contributed by atoms with Crippen molar-refractivity contribution in [3.63, 3.8) is 0 Å². The summed E-state index contributed by atoms with van der Waals surface area (Å²) in [7, 11) is 1.71. The van der Waals surface area contributed by atoms with Crippen LogP contribution in [-0.4, -0.2) is 42.7 Å². The molecule has 4 rings (SSSR count). The lowest BCUT2D eigenvalue weighted by molar-refractivity contribution is 0.0940. The number of nitrogens with zero attached hydrogens (tertiary/aromatic N) is 2. The molecule has 0 atom stereocenters. The number of para-hydroxylation sites is 1. The smallest absolute Gasteiger partial charge is 0.130 e. The van der Waals surface area contributed by atoms with Crippen molar-refractivity contribution in [1.29, 1.82) is 0 Å². The van der Waals surface area contributed by atoms with E-state index in [1.807, 2.05) is 36.5 Å². The molecular formula is C25H30N2O2. The van der Waals surface area contributed by atoms with Crippen molar-refractivity contribution < 1.29 is 9.47 Å². The SMILES string of the molecule is COc1cc(OC2CCN(CC(C)C)CC2)ccc1-c1cnc2ccccc2c1. The summed E-state index contributed by atoms with van der Waals surface area (Å²) in [5.74, 6) is 2.41. The first-order valence-electron chi connectivity index (χ1n) is 10.5. The van der Waals surface area contributed by atoms with Crippen LogP contribution in [0.15, 0.2) is 54.7 Å².